The number of hydrogen-bond donors (Lipinski definition) is 1. The Morgan fingerprint density at radius 1 is 1.39 bits per heavy atom. The Morgan fingerprint density at radius 3 is 2.50 bits per heavy atom. The number of primary amides is 1. The zero-order chi connectivity index (χ0) is 13.5. The fourth-order valence-corrected chi connectivity index (χ4v) is 1.65. The van der Waals surface area contributed by atoms with Crippen molar-refractivity contribution in [3.8, 4) is 6.19 Å². The Hall–Kier alpha value is -2.35. The van der Waals surface area contributed by atoms with E-state index >= 15 is 0 Å². The summed E-state index contributed by atoms with van der Waals surface area (Å²) in [4.78, 5) is 23.8. The van der Waals surface area contributed by atoms with Gasteiger partial charge in [0.25, 0.3) is 0 Å². The highest BCUT2D eigenvalue weighted by Gasteiger charge is 2.19. The lowest BCUT2D eigenvalue weighted by molar-refractivity contribution is -0.127. The second-order valence-electron chi connectivity index (χ2n) is 3.96. The number of amides is 2. The third kappa shape index (κ3) is 3.59. The smallest absolute Gasteiger partial charge is 0.235 e. The maximum absolute atomic E-state index is 11.5. The number of hydrogen-bond acceptors (Lipinski definition) is 3. The summed E-state index contributed by atoms with van der Waals surface area (Å²) in [7, 11) is 1.39. The maximum atomic E-state index is 11.5. The number of rotatable bonds is 5. The Balaban J connectivity index is 2.70. The van der Waals surface area contributed by atoms with Crippen molar-refractivity contribution in [1.82, 2.24) is 4.90 Å². The third-order valence-electron chi connectivity index (χ3n) is 2.72. The quantitative estimate of drug-likeness (QED) is 0.619. The molecule has 0 heterocycles. The van der Waals surface area contributed by atoms with E-state index in [2.05, 4.69) is 0 Å². The Morgan fingerprint density at radius 2 is 2.00 bits per heavy atom. The van der Waals surface area contributed by atoms with Gasteiger partial charge in [-0.1, -0.05) is 30.3 Å². The molecule has 0 aliphatic rings. The number of carbonyl (C=O) groups is 2. The molecular weight excluding hydrogens is 230 g/mol. The minimum atomic E-state index is -0.498. The van der Waals surface area contributed by atoms with Gasteiger partial charge in [-0.05, 0) is 12.0 Å². The van der Waals surface area contributed by atoms with E-state index in [1.807, 2.05) is 18.2 Å². The zero-order valence-corrected chi connectivity index (χ0v) is 10.2. The molecule has 1 rings (SSSR count). The molecule has 0 saturated carbocycles. The largest absolute Gasteiger partial charge is 0.369 e. The van der Waals surface area contributed by atoms with Crippen LogP contribution in [0, 0.1) is 11.5 Å². The minimum absolute atomic E-state index is 0.118. The number of nitriles is 1. The van der Waals surface area contributed by atoms with Gasteiger partial charge in [-0.3, -0.25) is 14.5 Å². The van der Waals surface area contributed by atoms with Gasteiger partial charge in [0.05, 0.1) is 5.92 Å². The van der Waals surface area contributed by atoms with Crippen LogP contribution in [0.5, 0.6) is 0 Å². The van der Waals surface area contributed by atoms with Gasteiger partial charge in [-0.2, -0.15) is 5.26 Å². The van der Waals surface area contributed by atoms with E-state index < -0.39 is 11.8 Å². The Kier molecular flexibility index (Phi) is 4.88. The summed E-state index contributed by atoms with van der Waals surface area (Å²) in [5.41, 5.74) is 6.12. The second-order valence-corrected chi connectivity index (χ2v) is 3.96. The van der Waals surface area contributed by atoms with Gasteiger partial charge in [0.2, 0.25) is 11.8 Å². The van der Waals surface area contributed by atoms with Gasteiger partial charge in [0.1, 0.15) is 0 Å². The van der Waals surface area contributed by atoms with Crippen molar-refractivity contribution < 1.29 is 9.59 Å². The predicted molar refractivity (Wildman–Crippen MR) is 66.0 cm³/mol. The van der Waals surface area contributed by atoms with Crippen LogP contribution >= 0.6 is 0 Å². The van der Waals surface area contributed by atoms with Gasteiger partial charge in [-0.15, -0.1) is 0 Å². The summed E-state index contributed by atoms with van der Waals surface area (Å²) >= 11 is 0. The van der Waals surface area contributed by atoms with Gasteiger partial charge in [-0.25, -0.2) is 0 Å². The molecule has 2 amide bonds. The molecule has 0 aromatic heterocycles. The van der Waals surface area contributed by atoms with Crippen molar-refractivity contribution in [3.05, 3.63) is 35.9 Å². The lowest BCUT2D eigenvalue weighted by Gasteiger charge is -2.14. The molecule has 94 valence electrons. The van der Waals surface area contributed by atoms with E-state index in [1.165, 1.54) is 7.05 Å². The molecule has 2 N–H and O–H groups in total. The normalized spacial score (nSPS) is 11.3. The van der Waals surface area contributed by atoms with Crippen LogP contribution in [-0.4, -0.2) is 23.8 Å². The number of nitrogens with zero attached hydrogens (tertiary/aromatic N) is 2. The Bertz CT molecular complexity index is 465. The van der Waals surface area contributed by atoms with Crippen LogP contribution < -0.4 is 5.73 Å². The number of carbonyl (C=O) groups excluding carboxylic acids is 2. The van der Waals surface area contributed by atoms with Crippen LogP contribution in [0.2, 0.25) is 0 Å². The SMILES string of the molecule is CN(C#N)C(=O)CC[C@H](C(N)=O)c1ccccc1. The van der Waals surface area contributed by atoms with Crippen molar-refractivity contribution in [2.45, 2.75) is 18.8 Å². The van der Waals surface area contributed by atoms with Crippen LogP contribution in [0.4, 0.5) is 0 Å². The van der Waals surface area contributed by atoms with E-state index in [1.54, 1.807) is 18.3 Å². The molecule has 0 bridgehead atoms. The van der Waals surface area contributed by atoms with Gasteiger partial charge < -0.3 is 5.73 Å². The van der Waals surface area contributed by atoms with Gasteiger partial charge in [0.15, 0.2) is 6.19 Å². The molecule has 5 nitrogen and oxygen atoms in total. The first-order valence-electron chi connectivity index (χ1n) is 5.56. The third-order valence-corrected chi connectivity index (χ3v) is 2.72. The van der Waals surface area contributed by atoms with Crippen LogP contribution in [0.25, 0.3) is 0 Å². The molecule has 0 fully saturated rings. The fraction of sp³-hybridized carbons (Fsp3) is 0.308. The molecule has 18 heavy (non-hydrogen) atoms. The first-order valence-corrected chi connectivity index (χ1v) is 5.56. The van der Waals surface area contributed by atoms with Gasteiger partial charge in [0, 0.05) is 13.5 Å². The monoisotopic (exact) mass is 245 g/mol. The summed E-state index contributed by atoms with van der Waals surface area (Å²) in [6.07, 6.45) is 2.15. The molecular formula is C13H15N3O2. The highest BCUT2D eigenvalue weighted by atomic mass is 16.2. The molecule has 1 atom stereocenters. The second kappa shape index (κ2) is 6.40. The van der Waals surface area contributed by atoms with Crippen molar-refractivity contribution in [3.63, 3.8) is 0 Å². The average Bonchev–Trinajstić information content (AvgIpc) is 2.38. The van der Waals surface area contributed by atoms with Crippen molar-refractivity contribution in [2.24, 2.45) is 5.73 Å². The fourth-order valence-electron chi connectivity index (χ4n) is 1.65. The Labute approximate surface area is 106 Å². The molecule has 0 unspecified atom stereocenters. The van der Waals surface area contributed by atoms with Crippen LogP contribution in [-0.2, 0) is 9.59 Å². The highest BCUT2D eigenvalue weighted by Crippen LogP contribution is 2.21. The van der Waals surface area contributed by atoms with E-state index in [9.17, 15) is 9.59 Å². The predicted octanol–water partition coefficient (Wildman–Crippen LogP) is 0.975. The summed E-state index contributed by atoms with van der Waals surface area (Å²) in [5, 5.41) is 8.56. The molecule has 0 aliphatic carbocycles. The van der Waals surface area contributed by atoms with Crippen LogP contribution in [0.15, 0.2) is 30.3 Å². The van der Waals surface area contributed by atoms with E-state index in [0.717, 1.165) is 10.5 Å². The molecule has 1 aromatic rings. The first-order chi connectivity index (χ1) is 8.56. The van der Waals surface area contributed by atoms with Crippen LogP contribution in [0.1, 0.15) is 24.3 Å². The standard InChI is InChI=1S/C13H15N3O2/c1-16(9-14)12(17)8-7-11(13(15)18)10-5-3-2-4-6-10/h2-6,11H,7-8H2,1H3,(H2,15,18)/t11-/m0/s1. The minimum Gasteiger partial charge on any atom is -0.369 e. The maximum Gasteiger partial charge on any atom is 0.235 e. The lowest BCUT2D eigenvalue weighted by Crippen LogP contribution is -2.25. The summed E-state index contributed by atoms with van der Waals surface area (Å²) in [6, 6.07) is 9.07. The first kappa shape index (κ1) is 13.7. The molecule has 0 aliphatic heterocycles. The van der Waals surface area contributed by atoms with Gasteiger partial charge >= 0.3 is 0 Å². The highest BCUT2D eigenvalue weighted by molar-refractivity contribution is 5.83. The van der Waals surface area contributed by atoms with E-state index in [4.69, 9.17) is 11.0 Å². The molecule has 0 radical (unpaired) electrons. The lowest BCUT2D eigenvalue weighted by atomic mass is 9.93. The number of nitrogens with two attached hydrogens (primary N) is 1. The molecule has 5 heteroatoms. The number of benzene rings is 1. The summed E-state index contributed by atoms with van der Waals surface area (Å²) in [5.74, 6) is -1.28. The van der Waals surface area contributed by atoms with Crippen molar-refractivity contribution in [2.75, 3.05) is 7.05 Å². The zero-order valence-electron chi connectivity index (χ0n) is 10.2. The average molecular weight is 245 g/mol. The van der Waals surface area contributed by atoms with E-state index in [0.29, 0.717) is 6.42 Å². The van der Waals surface area contributed by atoms with Crippen molar-refractivity contribution in [1.29, 1.82) is 5.26 Å². The molecule has 0 spiro atoms. The topological polar surface area (TPSA) is 87.2 Å². The molecule has 0 saturated heterocycles. The van der Waals surface area contributed by atoms with Crippen molar-refractivity contribution >= 4 is 11.8 Å². The summed E-state index contributed by atoms with van der Waals surface area (Å²) < 4.78 is 0. The molecule has 1 aromatic carbocycles. The summed E-state index contributed by atoms with van der Waals surface area (Å²) in [6.45, 7) is 0. The van der Waals surface area contributed by atoms with Crippen LogP contribution in [0.3, 0.4) is 0 Å². The van der Waals surface area contributed by atoms with E-state index in [-0.39, 0.29) is 12.3 Å².